The quantitative estimate of drug-likeness (QED) is 0.630. The molecule has 0 saturated heterocycles. The molecule has 15 heavy (non-hydrogen) atoms. The SMILES string of the molecule is CCCC[C@@H](NC(=O)COC)C(=O)OC. The summed E-state index contributed by atoms with van der Waals surface area (Å²) in [4.78, 5) is 22.5. The molecule has 0 aromatic carbocycles. The van der Waals surface area contributed by atoms with Gasteiger partial charge in [-0.3, -0.25) is 4.79 Å². The van der Waals surface area contributed by atoms with E-state index >= 15 is 0 Å². The highest BCUT2D eigenvalue weighted by Gasteiger charge is 2.20. The maximum atomic E-state index is 11.3. The Hall–Kier alpha value is -1.10. The van der Waals surface area contributed by atoms with Crippen molar-refractivity contribution in [2.45, 2.75) is 32.2 Å². The molecule has 1 N–H and O–H groups in total. The summed E-state index contributed by atoms with van der Waals surface area (Å²) >= 11 is 0. The van der Waals surface area contributed by atoms with Gasteiger partial charge in [0.25, 0.3) is 0 Å². The van der Waals surface area contributed by atoms with Gasteiger partial charge >= 0.3 is 5.97 Å². The molecular formula is C10H19NO4. The molecule has 0 fully saturated rings. The van der Waals surface area contributed by atoms with Crippen LogP contribution in [0.3, 0.4) is 0 Å². The molecular weight excluding hydrogens is 198 g/mol. The monoisotopic (exact) mass is 217 g/mol. The van der Waals surface area contributed by atoms with E-state index in [0.717, 1.165) is 12.8 Å². The number of carbonyl (C=O) groups is 2. The maximum absolute atomic E-state index is 11.3. The van der Waals surface area contributed by atoms with Crippen molar-refractivity contribution in [2.24, 2.45) is 0 Å². The van der Waals surface area contributed by atoms with Crippen LogP contribution in [0.15, 0.2) is 0 Å². The van der Waals surface area contributed by atoms with Crippen LogP contribution in [0.25, 0.3) is 0 Å². The zero-order chi connectivity index (χ0) is 11.7. The predicted octanol–water partition coefficient (Wildman–Crippen LogP) is 0.481. The molecule has 0 aliphatic rings. The largest absolute Gasteiger partial charge is 0.467 e. The van der Waals surface area contributed by atoms with E-state index < -0.39 is 12.0 Å². The second-order valence-corrected chi connectivity index (χ2v) is 3.22. The summed E-state index contributed by atoms with van der Waals surface area (Å²) in [6, 6.07) is -0.558. The van der Waals surface area contributed by atoms with Crippen molar-refractivity contribution < 1.29 is 19.1 Å². The molecule has 5 heteroatoms. The number of methoxy groups -OCH3 is 2. The molecule has 1 amide bonds. The van der Waals surface area contributed by atoms with Crippen LogP contribution in [-0.2, 0) is 19.1 Å². The lowest BCUT2D eigenvalue weighted by molar-refractivity contribution is -0.145. The zero-order valence-electron chi connectivity index (χ0n) is 9.54. The summed E-state index contributed by atoms with van der Waals surface area (Å²) < 4.78 is 9.25. The highest BCUT2D eigenvalue weighted by Crippen LogP contribution is 2.02. The molecule has 0 rings (SSSR count). The minimum Gasteiger partial charge on any atom is -0.467 e. The number of esters is 1. The Kier molecular flexibility index (Phi) is 7.62. The summed E-state index contributed by atoms with van der Waals surface area (Å²) in [5, 5.41) is 2.56. The molecule has 0 aliphatic carbocycles. The number of ether oxygens (including phenoxy) is 2. The number of unbranched alkanes of at least 4 members (excludes halogenated alkanes) is 1. The maximum Gasteiger partial charge on any atom is 0.328 e. The first-order valence-electron chi connectivity index (χ1n) is 5.01. The van der Waals surface area contributed by atoms with E-state index in [1.165, 1.54) is 14.2 Å². The van der Waals surface area contributed by atoms with Crippen molar-refractivity contribution in [3.05, 3.63) is 0 Å². The molecule has 0 aliphatic heterocycles. The van der Waals surface area contributed by atoms with Crippen molar-refractivity contribution in [1.29, 1.82) is 0 Å². The number of carbonyl (C=O) groups excluding carboxylic acids is 2. The average Bonchev–Trinajstić information content (AvgIpc) is 2.23. The second-order valence-electron chi connectivity index (χ2n) is 3.22. The lowest BCUT2D eigenvalue weighted by atomic mass is 10.1. The molecule has 0 heterocycles. The van der Waals surface area contributed by atoms with Gasteiger partial charge in [0.2, 0.25) is 5.91 Å². The number of hydrogen-bond donors (Lipinski definition) is 1. The number of rotatable bonds is 7. The highest BCUT2D eigenvalue weighted by molar-refractivity contribution is 5.84. The van der Waals surface area contributed by atoms with E-state index in [1.807, 2.05) is 6.92 Å². The van der Waals surface area contributed by atoms with E-state index in [-0.39, 0.29) is 12.5 Å². The first kappa shape index (κ1) is 13.9. The van der Waals surface area contributed by atoms with Crippen molar-refractivity contribution in [3.8, 4) is 0 Å². The zero-order valence-corrected chi connectivity index (χ0v) is 9.54. The number of hydrogen-bond acceptors (Lipinski definition) is 4. The van der Waals surface area contributed by atoms with E-state index in [0.29, 0.717) is 6.42 Å². The second kappa shape index (κ2) is 8.23. The van der Waals surface area contributed by atoms with Crippen LogP contribution < -0.4 is 5.32 Å². The van der Waals surface area contributed by atoms with Gasteiger partial charge in [-0.15, -0.1) is 0 Å². The third kappa shape index (κ3) is 6.06. The fourth-order valence-electron chi connectivity index (χ4n) is 1.17. The summed E-state index contributed by atoms with van der Waals surface area (Å²) in [6.45, 7) is 1.98. The van der Waals surface area contributed by atoms with Crippen LogP contribution in [0.1, 0.15) is 26.2 Å². The Morgan fingerprint density at radius 1 is 1.33 bits per heavy atom. The molecule has 0 saturated carbocycles. The average molecular weight is 217 g/mol. The van der Waals surface area contributed by atoms with Crippen LogP contribution in [0.4, 0.5) is 0 Å². The van der Waals surface area contributed by atoms with Crippen molar-refractivity contribution in [3.63, 3.8) is 0 Å². The van der Waals surface area contributed by atoms with Crippen LogP contribution in [-0.4, -0.2) is 38.7 Å². The standard InChI is InChI=1S/C10H19NO4/c1-4-5-6-8(10(13)15-3)11-9(12)7-14-2/h8H,4-7H2,1-3H3,(H,11,12)/t8-/m1/s1. The highest BCUT2D eigenvalue weighted by atomic mass is 16.5. The summed E-state index contributed by atoms with van der Waals surface area (Å²) in [6.07, 6.45) is 2.43. The van der Waals surface area contributed by atoms with Crippen molar-refractivity contribution >= 4 is 11.9 Å². The van der Waals surface area contributed by atoms with Gasteiger partial charge in [-0.25, -0.2) is 4.79 Å². The third-order valence-electron chi connectivity index (χ3n) is 1.94. The molecule has 5 nitrogen and oxygen atoms in total. The lowest BCUT2D eigenvalue weighted by Crippen LogP contribution is -2.42. The molecule has 0 aromatic heterocycles. The van der Waals surface area contributed by atoms with Gasteiger partial charge in [-0.05, 0) is 6.42 Å². The molecule has 0 bridgehead atoms. The molecule has 1 atom stereocenters. The van der Waals surface area contributed by atoms with Gasteiger partial charge in [-0.2, -0.15) is 0 Å². The van der Waals surface area contributed by atoms with Crippen molar-refractivity contribution in [1.82, 2.24) is 5.32 Å². The van der Waals surface area contributed by atoms with Gasteiger partial charge in [0, 0.05) is 7.11 Å². The minimum absolute atomic E-state index is 0.0420. The lowest BCUT2D eigenvalue weighted by Gasteiger charge is -2.15. The first-order valence-corrected chi connectivity index (χ1v) is 5.01. The molecule has 88 valence electrons. The Balaban J connectivity index is 4.11. The van der Waals surface area contributed by atoms with E-state index in [9.17, 15) is 9.59 Å². The predicted molar refractivity (Wildman–Crippen MR) is 55.3 cm³/mol. The van der Waals surface area contributed by atoms with Crippen LogP contribution in [0, 0.1) is 0 Å². The smallest absolute Gasteiger partial charge is 0.328 e. The van der Waals surface area contributed by atoms with Gasteiger partial charge in [0.05, 0.1) is 7.11 Å². The Bertz CT molecular complexity index is 206. The number of nitrogens with one attached hydrogen (secondary N) is 1. The molecule has 0 aromatic rings. The molecule has 0 radical (unpaired) electrons. The van der Waals surface area contributed by atoms with Gasteiger partial charge < -0.3 is 14.8 Å². The fourth-order valence-corrected chi connectivity index (χ4v) is 1.17. The first-order chi connectivity index (χ1) is 7.15. The van der Waals surface area contributed by atoms with E-state index in [4.69, 9.17) is 0 Å². The minimum atomic E-state index is -0.558. The Morgan fingerprint density at radius 3 is 2.47 bits per heavy atom. The summed E-state index contributed by atoms with van der Waals surface area (Å²) in [7, 11) is 2.74. The van der Waals surface area contributed by atoms with Gasteiger partial charge in [0.1, 0.15) is 12.6 Å². The van der Waals surface area contributed by atoms with E-state index in [2.05, 4.69) is 14.8 Å². The van der Waals surface area contributed by atoms with E-state index in [1.54, 1.807) is 0 Å². The summed E-state index contributed by atoms with van der Waals surface area (Å²) in [5.74, 6) is -0.711. The number of amides is 1. The van der Waals surface area contributed by atoms with Gasteiger partial charge in [0.15, 0.2) is 0 Å². The molecule has 0 unspecified atom stereocenters. The molecule has 0 spiro atoms. The van der Waals surface area contributed by atoms with Crippen LogP contribution >= 0.6 is 0 Å². The Labute approximate surface area is 90.1 Å². The van der Waals surface area contributed by atoms with Crippen molar-refractivity contribution in [2.75, 3.05) is 20.8 Å². The van der Waals surface area contributed by atoms with Crippen LogP contribution in [0.2, 0.25) is 0 Å². The summed E-state index contributed by atoms with van der Waals surface area (Å²) in [5.41, 5.74) is 0. The normalized spacial score (nSPS) is 11.9. The Morgan fingerprint density at radius 2 is 2.00 bits per heavy atom. The van der Waals surface area contributed by atoms with Gasteiger partial charge in [-0.1, -0.05) is 19.8 Å². The topological polar surface area (TPSA) is 64.6 Å². The third-order valence-corrected chi connectivity index (χ3v) is 1.94. The fraction of sp³-hybridized carbons (Fsp3) is 0.800. The van der Waals surface area contributed by atoms with Crippen LogP contribution in [0.5, 0.6) is 0 Å².